The molecule has 0 saturated heterocycles. The second-order valence-corrected chi connectivity index (χ2v) is 6.63. The lowest BCUT2D eigenvalue weighted by atomic mass is 10.1. The molecule has 29 heavy (non-hydrogen) atoms. The Kier molecular flexibility index (Phi) is 5.33. The van der Waals surface area contributed by atoms with Crippen LogP contribution in [0.4, 0.5) is 11.4 Å². The lowest BCUT2D eigenvalue weighted by Crippen LogP contribution is -2.12. The number of carbonyl (C=O) groups excluding carboxylic acids is 1. The summed E-state index contributed by atoms with van der Waals surface area (Å²) in [6, 6.07) is 23.2. The van der Waals surface area contributed by atoms with Gasteiger partial charge in [0.2, 0.25) is 0 Å². The highest BCUT2D eigenvalue weighted by atomic mass is 16.5. The van der Waals surface area contributed by atoms with Crippen LogP contribution in [0.2, 0.25) is 0 Å². The summed E-state index contributed by atoms with van der Waals surface area (Å²) < 4.78 is 5.25. The van der Waals surface area contributed by atoms with Crippen molar-refractivity contribution in [2.45, 2.75) is 13.0 Å². The van der Waals surface area contributed by atoms with Crippen molar-refractivity contribution in [3.8, 4) is 11.3 Å². The van der Waals surface area contributed by atoms with Crippen LogP contribution in [-0.4, -0.2) is 16.0 Å². The normalized spacial score (nSPS) is 11.6. The second-order valence-electron chi connectivity index (χ2n) is 6.63. The predicted octanol–water partition coefficient (Wildman–Crippen LogP) is 5.16. The van der Waals surface area contributed by atoms with Gasteiger partial charge >= 0.3 is 0 Å². The standard InChI is InChI=1S/C23H20N4O2/c1-16(17-6-3-2-4-7-17)25-19-9-11-20(12-10-19)26-23(28)21-14-22(29-27-21)18-8-5-13-24-15-18/h2-16,25H,1H3,(H,26,28). The number of nitrogens with one attached hydrogen (secondary N) is 2. The maximum Gasteiger partial charge on any atom is 0.277 e. The minimum atomic E-state index is -0.331. The largest absolute Gasteiger partial charge is 0.379 e. The summed E-state index contributed by atoms with van der Waals surface area (Å²) in [6.45, 7) is 2.11. The maximum atomic E-state index is 12.4. The van der Waals surface area contributed by atoms with Gasteiger partial charge in [0, 0.05) is 41.4 Å². The number of rotatable bonds is 6. The van der Waals surface area contributed by atoms with E-state index in [0.717, 1.165) is 11.3 Å². The minimum Gasteiger partial charge on any atom is -0.379 e. The number of anilines is 2. The zero-order valence-electron chi connectivity index (χ0n) is 15.9. The average Bonchev–Trinajstić information content (AvgIpc) is 3.27. The first kappa shape index (κ1) is 18.4. The van der Waals surface area contributed by atoms with Crippen LogP contribution in [-0.2, 0) is 0 Å². The van der Waals surface area contributed by atoms with Crippen molar-refractivity contribution in [1.29, 1.82) is 0 Å². The lowest BCUT2D eigenvalue weighted by molar-refractivity contribution is 0.101. The average molecular weight is 384 g/mol. The SMILES string of the molecule is CC(Nc1ccc(NC(=O)c2cc(-c3cccnc3)on2)cc1)c1ccccc1. The van der Waals surface area contributed by atoms with Crippen molar-refractivity contribution >= 4 is 17.3 Å². The third-order valence-electron chi connectivity index (χ3n) is 4.51. The minimum absolute atomic E-state index is 0.178. The van der Waals surface area contributed by atoms with Crippen LogP contribution in [0.5, 0.6) is 0 Å². The molecule has 0 radical (unpaired) electrons. The molecular weight excluding hydrogens is 364 g/mol. The van der Waals surface area contributed by atoms with Crippen LogP contribution in [0.15, 0.2) is 89.7 Å². The number of hydrogen-bond acceptors (Lipinski definition) is 5. The highest BCUT2D eigenvalue weighted by Crippen LogP contribution is 2.22. The van der Waals surface area contributed by atoms with E-state index in [4.69, 9.17) is 4.52 Å². The molecule has 0 fully saturated rings. The molecule has 2 heterocycles. The fourth-order valence-electron chi connectivity index (χ4n) is 2.95. The Balaban J connectivity index is 1.39. The highest BCUT2D eigenvalue weighted by molar-refractivity contribution is 6.03. The third-order valence-corrected chi connectivity index (χ3v) is 4.51. The third kappa shape index (κ3) is 4.50. The summed E-state index contributed by atoms with van der Waals surface area (Å²) >= 11 is 0. The molecule has 1 amide bonds. The Labute approximate surface area is 168 Å². The first-order valence-electron chi connectivity index (χ1n) is 9.29. The fourth-order valence-corrected chi connectivity index (χ4v) is 2.95. The molecule has 6 nitrogen and oxygen atoms in total. The topological polar surface area (TPSA) is 80.0 Å². The maximum absolute atomic E-state index is 12.4. The summed E-state index contributed by atoms with van der Waals surface area (Å²) in [5.74, 6) is 0.167. The van der Waals surface area contributed by atoms with Crippen LogP contribution < -0.4 is 10.6 Å². The molecule has 0 saturated carbocycles. The van der Waals surface area contributed by atoms with Crippen LogP contribution in [0, 0.1) is 0 Å². The summed E-state index contributed by atoms with van der Waals surface area (Å²) in [7, 11) is 0. The van der Waals surface area contributed by atoms with Crippen molar-refractivity contribution in [2.24, 2.45) is 0 Å². The monoisotopic (exact) mass is 384 g/mol. The summed E-state index contributed by atoms with van der Waals surface area (Å²) in [4.78, 5) is 16.5. The molecule has 0 aliphatic heterocycles. The fraction of sp³-hybridized carbons (Fsp3) is 0.0870. The number of amides is 1. The zero-order chi connectivity index (χ0) is 20.1. The van der Waals surface area contributed by atoms with Gasteiger partial charge in [0.1, 0.15) is 0 Å². The summed E-state index contributed by atoms with van der Waals surface area (Å²) in [5.41, 5.74) is 3.84. The molecule has 0 aliphatic rings. The molecule has 0 bridgehead atoms. The van der Waals surface area contributed by atoms with E-state index in [2.05, 4.69) is 39.8 Å². The van der Waals surface area contributed by atoms with Crippen molar-refractivity contribution in [3.63, 3.8) is 0 Å². The Morgan fingerprint density at radius 2 is 1.72 bits per heavy atom. The zero-order valence-corrected chi connectivity index (χ0v) is 15.9. The summed E-state index contributed by atoms with van der Waals surface area (Å²) in [6.07, 6.45) is 3.33. The Hall–Kier alpha value is -3.93. The van der Waals surface area contributed by atoms with E-state index in [9.17, 15) is 4.79 Å². The highest BCUT2D eigenvalue weighted by Gasteiger charge is 2.14. The van der Waals surface area contributed by atoms with E-state index in [-0.39, 0.29) is 17.6 Å². The molecule has 4 rings (SSSR count). The van der Waals surface area contributed by atoms with Gasteiger partial charge in [-0.2, -0.15) is 0 Å². The number of hydrogen-bond donors (Lipinski definition) is 2. The molecule has 0 spiro atoms. The van der Waals surface area contributed by atoms with Crippen molar-refractivity contribution in [2.75, 3.05) is 10.6 Å². The van der Waals surface area contributed by atoms with E-state index >= 15 is 0 Å². The van der Waals surface area contributed by atoms with Gasteiger partial charge in [0.15, 0.2) is 11.5 Å². The number of benzene rings is 2. The van der Waals surface area contributed by atoms with Crippen LogP contribution in [0.3, 0.4) is 0 Å². The van der Waals surface area contributed by atoms with Gasteiger partial charge in [-0.05, 0) is 48.9 Å². The Morgan fingerprint density at radius 1 is 0.966 bits per heavy atom. The van der Waals surface area contributed by atoms with Crippen LogP contribution in [0.1, 0.15) is 29.0 Å². The quantitative estimate of drug-likeness (QED) is 0.480. The van der Waals surface area contributed by atoms with E-state index < -0.39 is 0 Å². The molecule has 1 unspecified atom stereocenters. The van der Waals surface area contributed by atoms with Crippen LogP contribution >= 0.6 is 0 Å². The molecule has 2 aromatic carbocycles. The summed E-state index contributed by atoms with van der Waals surface area (Å²) in [5, 5.41) is 10.1. The molecule has 144 valence electrons. The first-order chi connectivity index (χ1) is 14.2. The molecule has 6 heteroatoms. The van der Waals surface area contributed by atoms with Gasteiger partial charge in [-0.1, -0.05) is 35.5 Å². The Bertz CT molecular complexity index is 1080. The van der Waals surface area contributed by atoms with Crippen LogP contribution in [0.25, 0.3) is 11.3 Å². The number of nitrogens with zero attached hydrogens (tertiary/aromatic N) is 2. The van der Waals surface area contributed by atoms with E-state index in [1.165, 1.54) is 5.56 Å². The van der Waals surface area contributed by atoms with Gasteiger partial charge in [-0.25, -0.2) is 0 Å². The Morgan fingerprint density at radius 3 is 2.45 bits per heavy atom. The first-order valence-corrected chi connectivity index (χ1v) is 9.29. The van der Waals surface area contributed by atoms with Gasteiger partial charge in [0.25, 0.3) is 5.91 Å². The lowest BCUT2D eigenvalue weighted by Gasteiger charge is -2.16. The van der Waals surface area contributed by atoms with Crippen molar-refractivity contribution in [3.05, 3.63) is 96.4 Å². The van der Waals surface area contributed by atoms with E-state index in [0.29, 0.717) is 11.4 Å². The number of carbonyl (C=O) groups is 1. The van der Waals surface area contributed by atoms with E-state index in [1.807, 2.05) is 48.5 Å². The van der Waals surface area contributed by atoms with Gasteiger partial charge in [0.05, 0.1) is 0 Å². The second kappa shape index (κ2) is 8.39. The molecule has 0 aliphatic carbocycles. The molecule has 4 aromatic rings. The van der Waals surface area contributed by atoms with Gasteiger partial charge < -0.3 is 15.2 Å². The van der Waals surface area contributed by atoms with Crippen molar-refractivity contribution < 1.29 is 9.32 Å². The van der Waals surface area contributed by atoms with Crippen molar-refractivity contribution in [1.82, 2.24) is 10.1 Å². The molecule has 2 aromatic heterocycles. The smallest absolute Gasteiger partial charge is 0.277 e. The molecule has 2 N–H and O–H groups in total. The molecule has 1 atom stereocenters. The number of aromatic nitrogens is 2. The molecular formula is C23H20N4O2. The van der Waals surface area contributed by atoms with E-state index in [1.54, 1.807) is 24.5 Å². The van der Waals surface area contributed by atoms with Gasteiger partial charge in [-0.3, -0.25) is 9.78 Å². The number of pyridine rings is 1. The predicted molar refractivity (Wildman–Crippen MR) is 113 cm³/mol. The van der Waals surface area contributed by atoms with Gasteiger partial charge in [-0.15, -0.1) is 0 Å².